The number of allylic oxidation sites excluding steroid dienone is 1. The molecule has 0 aliphatic rings. The van der Waals surface area contributed by atoms with Crippen molar-refractivity contribution in [2.24, 2.45) is 0 Å². The van der Waals surface area contributed by atoms with Crippen molar-refractivity contribution in [3.8, 4) is 23.0 Å². The molecule has 3 rings (SSSR count). The SMILES string of the molecule is COCOc1ccc(/C=C/C(=O)c2cccc(Cl)c2O)c(OCc2ccc(OC)cc2)c1. The number of aromatic hydroxyl groups is 1. The highest BCUT2D eigenvalue weighted by atomic mass is 35.5. The van der Waals surface area contributed by atoms with Crippen LogP contribution in [0.5, 0.6) is 23.0 Å². The predicted octanol–water partition coefficient (Wildman–Crippen LogP) is 5.51. The molecule has 3 aromatic rings. The third-order valence-electron chi connectivity index (χ3n) is 4.55. The Bertz CT molecular complexity index is 1090. The highest BCUT2D eigenvalue weighted by Crippen LogP contribution is 2.30. The van der Waals surface area contributed by atoms with Crippen molar-refractivity contribution in [1.29, 1.82) is 0 Å². The van der Waals surface area contributed by atoms with E-state index in [1.165, 1.54) is 25.3 Å². The predicted molar refractivity (Wildman–Crippen MR) is 123 cm³/mol. The first-order valence-electron chi connectivity index (χ1n) is 9.73. The zero-order valence-electron chi connectivity index (χ0n) is 17.7. The molecule has 0 unspecified atom stereocenters. The van der Waals surface area contributed by atoms with Gasteiger partial charge in [-0.3, -0.25) is 4.79 Å². The van der Waals surface area contributed by atoms with Crippen molar-refractivity contribution >= 4 is 23.5 Å². The van der Waals surface area contributed by atoms with Gasteiger partial charge in [0, 0.05) is 18.7 Å². The molecule has 1 N–H and O–H groups in total. The third-order valence-corrected chi connectivity index (χ3v) is 4.85. The van der Waals surface area contributed by atoms with Gasteiger partial charge in [0.05, 0.1) is 17.7 Å². The van der Waals surface area contributed by atoms with Gasteiger partial charge in [0.1, 0.15) is 29.6 Å². The molecule has 0 spiro atoms. The summed E-state index contributed by atoms with van der Waals surface area (Å²) in [5.41, 5.74) is 1.73. The van der Waals surface area contributed by atoms with Gasteiger partial charge in [0.25, 0.3) is 0 Å². The standard InChI is InChI=1S/C25H23ClO6/c1-29-16-32-20-12-8-18(9-13-23(27)21-4-3-5-22(26)25(21)28)24(14-20)31-15-17-6-10-19(30-2)11-7-17/h3-14,28H,15-16H2,1-2H3/b13-9+. The van der Waals surface area contributed by atoms with Gasteiger partial charge in [-0.15, -0.1) is 0 Å². The van der Waals surface area contributed by atoms with E-state index in [0.717, 1.165) is 11.3 Å². The van der Waals surface area contributed by atoms with Crippen LogP contribution in [0.3, 0.4) is 0 Å². The molecule has 7 heteroatoms. The second-order valence-electron chi connectivity index (χ2n) is 6.72. The smallest absolute Gasteiger partial charge is 0.189 e. The summed E-state index contributed by atoms with van der Waals surface area (Å²) in [6, 6.07) is 17.4. The molecule has 0 aliphatic heterocycles. The number of phenols is 1. The van der Waals surface area contributed by atoms with Crippen LogP contribution in [0, 0.1) is 0 Å². The molecular formula is C25H23ClO6. The lowest BCUT2D eigenvalue weighted by molar-refractivity contribution is 0.0509. The summed E-state index contributed by atoms with van der Waals surface area (Å²) < 4.78 is 21.6. The van der Waals surface area contributed by atoms with Gasteiger partial charge in [0.15, 0.2) is 12.6 Å². The van der Waals surface area contributed by atoms with Crippen LogP contribution in [0.2, 0.25) is 5.02 Å². The average Bonchev–Trinajstić information content (AvgIpc) is 2.82. The van der Waals surface area contributed by atoms with Gasteiger partial charge in [-0.2, -0.15) is 0 Å². The van der Waals surface area contributed by atoms with Crippen molar-refractivity contribution in [2.45, 2.75) is 6.61 Å². The number of ether oxygens (including phenoxy) is 4. The van der Waals surface area contributed by atoms with Gasteiger partial charge < -0.3 is 24.1 Å². The minimum atomic E-state index is -0.384. The molecule has 0 fully saturated rings. The molecule has 32 heavy (non-hydrogen) atoms. The summed E-state index contributed by atoms with van der Waals surface area (Å²) in [6.07, 6.45) is 2.97. The Balaban J connectivity index is 1.82. The third kappa shape index (κ3) is 6.03. The van der Waals surface area contributed by atoms with Crippen molar-refractivity contribution in [1.82, 2.24) is 0 Å². The molecule has 3 aromatic carbocycles. The van der Waals surface area contributed by atoms with E-state index >= 15 is 0 Å². The molecule has 0 radical (unpaired) electrons. The van der Waals surface area contributed by atoms with E-state index in [1.54, 1.807) is 37.5 Å². The summed E-state index contributed by atoms with van der Waals surface area (Å²) in [7, 11) is 3.15. The van der Waals surface area contributed by atoms with Gasteiger partial charge in [-0.25, -0.2) is 0 Å². The number of rotatable bonds is 10. The Labute approximate surface area is 191 Å². The Morgan fingerprint density at radius 1 is 1.00 bits per heavy atom. The molecule has 166 valence electrons. The van der Waals surface area contributed by atoms with E-state index < -0.39 is 0 Å². The van der Waals surface area contributed by atoms with Crippen LogP contribution in [0.4, 0.5) is 0 Å². The summed E-state index contributed by atoms with van der Waals surface area (Å²) in [6.45, 7) is 0.404. The maximum absolute atomic E-state index is 12.6. The first-order valence-corrected chi connectivity index (χ1v) is 10.1. The van der Waals surface area contributed by atoms with Crippen molar-refractivity contribution in [3.63, 3.8) is 0 Å². The van der Waals surface area contributed by atoms with E-state index in [1.807, 2.05) is 24.3 Å². The Morgan fingerprint density at radius 3 is 2.47 bits per heavy atom. The summed E-state index contributed by atoms with van der Waals surface area (Å²) >= 11 is 5.90. The fourth-order valence-corrected chi connectivity index (χ4v) is 3.02. The minimum absolute atomic E-state index is 0.0969. The Kier molecular flexibility index (Phi) is 8.14. The van der Waals surface area contributed by atoms with E-state index in [2.05, 4.69) is 0 Å². The molecule has 0 aromatic heterocycles. The summed E-state index contributed by atoms with van der Waals surface area (Å²) in [5, 5.41) is 10.2. The number of hydrogen-bond acceptors (Lipinski definition) is 6. The molecule has 0 amide bonds. The number of halogens is 1. The molecule has 0 saturated carbocycles. The van der Waals surface area contributed by atoms with Crippen LogP contribution in [0.15, 0.2) is 66.7 Å². The van der Waals surface area contributed by atoms with Crippen LogP contribution in [-0.4, -0.2) is 31.9 Å². The number of para-hydroxylation sites is 1. The van der Waals surface area contributed by atoms with Crippen molar-refractivity contribution in [3.05, 3.63) is 88.5 Å². The van der Waals surface area contributed by atoms with Gasteiger partial charge >= 0.3 is 0 Å². The lowest BCUT2D eigenvalue weighted by atomic mass is 10.1. The second kappa shape index (κ2) is 11.2. The van der Waals surface area contributed by atoms with Gasteiger partial charge in [-0.05, 0) is 54.1 Å². The molecule has 0 heterocycles. The monoisotopic (exact) mass is 454 g/mol. The number of ketones is 1. The van der Waals surface area contributed by atoms with Crippen LogP contribution in [0.1, 0.15) is 21.5 Å². The first-order chi connectivity index (χ1) is 15.5. The average molecular weight is 455 g/mol. The number of phenolic OH excluding ortho intramolecular Hbond substituents is 1. The number of hydrogen-bond donors (Lipinski definition) is 1. The molecule has 0 saturated heterocycles. The maximum Gasteiger partial charge on any atom is 0.189 e. The fraction of sp³-hybridized carbons (Fsp3) is 0.160. The highest BCUT2D eigenvalue weighted by molar-refractivity contribution is 6.32. The molecule has 0 aliphatic carbocycles. The normalized spacial score (nSPS) is 10.8. The molecule has 0 atom stereocenters. The molecule has 6 nitrogen and oxygen atoms in total. The van der Waals surface area contributed by atoms with E-state index in [0.29, 0.717) is 23.7 Å². The van der Waals surface area contributed by atoms with Crippen molar-refractivity contribution < 1.29 is 28.8 Å². The van der Waals surface area contributed by atoms with Crippen molar-refractivity contribution in [2.75, 3.05) is 21.0 Å². The number of carbonyl (C=O) groups is 1. The second-order valence-corrected chi connectivity index (χ2v) is 7.13. The highest BCUT2D eigenvalue weighted by Gasteiger charge is 2.12. The largest absolute Gasteiger partial charge is 0.506 e. The lowest BCUT2D eigenvalue weighted by Crippen LogP contribution is -2.01. The van der Waals surface area contributed by atoms with Gasteiger partial charge in [-0.1, -0.05) is 29.8 Å². The zero-order chi connectivity index (χ0) is 22.9. The zero-order valence-corrected chi connectivity index (χ0v) is 18.5. The topological polar surface area (TPSA) is 74.2 Å². The van der Waals surface area contributed by atoms with Crippen LogP contribution < -0.4 is 14.2 Å². The first kappa shape index (κ1) is 23.2. The minimum Gasteiger partial charge on any atom is -0.506 e. The van der Waals surface area contributed by atoms with E-state index in [4.69, 9.17) is 30.5 Å². The van der Waals surface area contributed by atoms with Gasteiger partial charge in [0.2, 0.25) is 0 Å². The number of benzene rings is 3. The molecule has 0 bridgehead atoms. The fourth-order valence-electron chi connectivity index (χ4n) is 2.85. The Morgan fingerprint density at radius 2 is 1.75 bits per heavy atom. The van der Waals surface area contributed by atoms with E-state index in [-0.39, 0.29) is 28.9 Å². The van der Waals surface area contributed by atoms with E-state index in [9.17, 15) is 9.90 Å². The van der Waals surface area contributed by atoms with Crippen LogP contribution in [0.25, 0.3) is 6.08 Å². The number of methoxy groups -OCH3 is 2. The maximum atomic E-state index is 12.6. The number of carbonyl (C=O) groups excluding carboxylic acids is 1. The molecular weight excluding hydrogens is 432 g/mol. The lowest BCUT2D eigenvalue weighted by Gasteiger charge is -2.12. The van der Waals surface area contributed by atoms with Crippen LogP contribution >= 0.6 is 11.6 Å². The quantitative estimate of drug-likeness (QED) is 0.247. The Hall–Kier alpha value is -3.48. The summed E-state index contributed by atoms with van der Waals surface area (Å²) in [4.78, 5) is 12.6. The summed E-state index contributed by atoms with van der Waals surface area (Å²) in [5.74, 6) is 1.21. The van der Waals surface area contributed by atoms with Crippen LogP contribution in [-0.2, 0) is 11.3 Å².